The van der Waals surface area contributed by atoms with E-state index in [1.165, 1.54) is 11.4 Å². The highest BCUT2D eigenvalue weighted by molar-refractivity contribution is 6.00. The monoisotopic (exact) mass is 536 g/mol. The number of hydrogen-bond donors (Lipinski definition) is 2. The number of fused-ring (bicyclic) bond motifs is 3. The zero-order valence-electron chi connectivity index (χ0n) is 22.2. The van der Waals surface area contributed by atoms with Crippen LogP contribution in [0.15, 0.2) is 49.2 Å². The number of anilines is 1. The smallest absolute Gasteiger partial charge is 0.272 e. The average molecular weight is 537 g/mol. The summed E-state index contributed by atoms with van der Waals surface area (Å²) in [5.74, 6) is 0.784. The Morgan fingerprint density at radius 1 is 1.05 bits per heavy atom. The van der Waals surface area contributed by atoms with Crippen molar-refractivity contribution in [3.8, 4) is 16.9 Å². The van der Waals surface area contributed by atoms with Gasteiger partial charge in [0.1, 0.15) is 11.5 Å². The van der Waals surface area contributed by atoms with E-state index >= 15 is 0 Å². The van der Waals surface area contributed by atoms with E-state index in [1.807, 2.05) is 30.2 Å². The van der Waals surface area contributed by atoms with Crippen molar-refractivity contribution in [2.45, 2.75) is 57.5 Å². The minimum atomic E-state index is -0.150. The largest absolute Gasteiger partial charge is 0.383 e. The zero-order chi connectivity index (χ0) is 27.5. The third kappa shape index (κ3) is 3.78. The highest BCUT2D eigenvalue weighted by Crippen LogP contribution is 2.45. The summed E-state index contributed by atoms with van der Waals surface area (Å²) in [6, 6.07) is 5.67. The molecule has 7 heterocycles. The van der Waals surface area contributed by atoms with E-state index in [0.717, 1.165) is 29.5 Å². The Morgan fingerprint density at radius 2 is 1.85 bits per heavy atom. The number of amides is 1. The number of aromatic nitrogens is 8. The number of nitrogens with two attached hydrogens (primary N) is 1. The van der Waals surface area contributed by atoms with Gasteiger partial charge in [-0.2, -0.15) is 19.8 Å². The second-order valence-corrected chi connectivity index (χ2v) is 10.7. The van der Waals surface area contributed by atoms with Crippen molar-refractivity contribution < 1.29 is 9.59 Å². The van der Waals surface area contributed by atoms with Crippen molar-refractivity contribution >= 4 is 23.2 Å². The van der Waals surface area contributed by atoms with Gasteiger partial charge >= 0.3 is 0 Å². The second-order valence-electron chi connectivity index (χ2n) is 10.7. The molecule has 3 atom stereocenters. The van der Waals surface area contributed by atoms with Crippen molar-refractivity contribution in [2.75, 3.05) is 5.73 Å². The van der Waals surface area contributed by atoms with Crippen LogP contribution in [0.25, 0.3) is 22.6 Å². The summed E-state index contributed by atoms with van der Waals surface area (Å²) in [5, 5.41) is 15.5. The first-order valence-electron chi connectivity index (χ1n) is 13.4. The van der Waals surface area contributed by atoms with Gasteiger partial charge in [-0.05, 0) is 63.3 Å². The van der Waals surface area contributed by atoms with Gasteiger partial charge in [0.25, 0.3) is 5.91 Å². The van der Waals surface area contributed by atoms with Gasteiger partial charge in [-0.1, -0.05) is 0 Å². The van der Waals surface area contributed by atoms with Crippen LogP contribution < -0.4 is 5.73 Å². The average Bonchev–Trinajstić information content (AvgIpc) is 3.75. The molecule has 12 heteroatoms. The highest BCUT2D eigenvalue weighted by atomic mass is 16.2. The quantitative estimate of drug-likeness (QED) is 0.324. The molecule has 202 valence electrons. The number of hydrogen-bond acceptors (Lipinski definition) is 8. The summed E-state index contributed by atoms with van der Waals surface area (Å²) in [4.78, 5) is 37.7. The molecule has 0 spiro atoms. The Morgan fingerprint density at radius 3 is 2.48 bits per heavy atom. The van der Waals surface area contributed by atoms with E-state index in [9.17, 15) is 9.59 Å². The van der Waals surface area contributed by atoms with E-state index in [2.05, 4.69) is 25.4 Å². The standard InChI is InChI=1S/C28H28N10O2/c1-15-11-32-36(14-15)23-6-3-17(12-30-23)21-13-33-38-26(29)24(16(2)39)25(34-27(21)38)18-9-19-4-5-20(10-18)37(19)28(40)22-7-8-31-35-22/h3,6-8,11-14,18-20H,4-5,9-10,29H2,1-2H3,(H,31,35)/t18?,19-,20+. The molecule has 2 aliphatic heterocycles. The number of carbonyl (C=O) groups is 2. The fourth-order valence-electron chi connectivity index (χ4n) is 6.36. The van der Waals surface area contributed by atoms with Gasteiger partial charge in [-0.25, -0.2) is 14.6 Å². The Kier molecular flexibility index (Phi) is 5.51. The van der Waals surface area contributed by atoms with Crippen molar-refractivity contribution in [1.82, 2.24) is 44.5 Å². The van der Waals surface area contributed by atoms with Gasteiger partial charge in [-0.15, -0.1) is 0 Å². The minimum Gasteiger partial charge on any atom is -0.383 e. The van der Waals surface area contributed by atoms with Crippen LogP contribution in [0.3, 0.4) is 0 Å². The predicted molar refractivity (Wildman–Crippen MR) is 146 cm³/mol. The molecule has 7 rings (SSSR count). The van der Waals surface area contributed by atoms with Crippen LogP contribution >= 0.6 is 0 Å². The van der Waals surface area contributed by atoms with E-state index in [-0.39, 0.29) is 35.5 Å². The Bertz CT molecular complexity index is 1740. The number of Topliss-reactive ketones (excluding diaryl/α,β-unsaturated/α-hetero) is 1. The van der Waals surface area contributed by atoms with E-state index in [4.69, 9.17) is 10.7 Å². The van der Waals surface area contributed by atoms with E-state index < -0.39 is 0 Å². The molecule has 2 fully saturated rings. The fraction of sp³-hybridized carbons (Fsp3) is 0.321. The van der Waals surface area contributed by atoms with Gasteiger partial charge in [0, 0.05) is 47.7 Å². The van der Waals surface area contributed by atoms with Gasteiger partial charge in [-0.3, -0.25) is 14.7 Å². The van der Waals surface area contributed by atoms with E-state index in [0.29, 0.717) is 41.3 Å². The van der Waals surface area contributed by atoms with Gasteiger partial charge in [0.05, 0.1) is 23.7 Å². The Hall–Kier alpha value is -4.87. The molecule has 12 nitrogen and oxygen atoms in total. The molecule has 2 saturated heterocycles. The SMILES string of the molecule is CC(=O)c1c(C2C[C@H]3CC[C@@H](C2)N3C(=O)c2ccn[nH]2)nc2c(-c3ccc(-n4cc(C)cn4)nc3)cnn2c1N. The molecule has 5 aromatic heterocycles. The number of aryl methyl sites for hydroxylation is 1. The van der Waals surface area contributed by atoms with Crippen LogP contribution in [-0.4, -0.2) is 68.2 Å². The maximum absolute atomic E-state index is 13.2. The zero-order valence-corrected chi connectivity index (χ0v) is 22.2. The Labute approximate surface area is 229 Å². The number of piperidine rings is 1. The summed E-state index contributed by atoms with van der Waals surface area (Å²) >= 11 is 0. The molecule has 40 heavy (non-hydrogen) atoms. The second kappa shape index (κ2) is 9.11. The first kappa shape index (κ1) is 24.2. The molecule has 3 N–H and O–H groups in total. The number of nitrogens with zero attached hydrogens (tertiary/aromatic N) is 8. The van der Waals surface area contributed by atoms with Crippen LogP contribution in [0, 0.1) is 6.92 Å². The fourth-order valence-corrected chi connectivity index (χ4v) is 6.36. The lowest BCUT2D eigenvalue weighted by Gasteiger charge is -2.39. The number of pyridine rings is 1. The highest BCUT2D eigenvalue weighted by Gasteiger charge is 2.45. The van der Waals surface area contributed by atoms with Crippen molar-refractivity contribution in [1.29, 1.82) is 0 Å². The molecule has 1 amide bonds. The Balaban J connectivity index is 1.26. The van der Waals surface area contributed by atoms with Crippen molar-refractivity contribution in [3.63, 3.8) is 0 Å². The minimum absolute atomic E-state index is 0.0131. The molecular weight excluding hydrogens is 508 g/mol. The number of carbonyl (C=O) groups excluding carboxylic acids is 2. The molecule has 1 unspecified atom stereocenters. The summed E-state index contributed by atoms with van der Waals surface area (Å²) in [5.41, 5.74) is 11.4. The number of nitrogen functional groups attached to an aromatic ring is 1. The molecule has 0 saturated carbocycles. The first-order valence-corrected chi connectivity index (χ1v) is 13.4. The third-order valence-electron chi connectivity index (χ3n) is 8.15. The number of aromatic amines is 1. The topological polar surface area (TPSA) is 153 Å². The summed E-state index contributed by atoms with van der Waals surface area (Å²) in [6.07, 6.45) is 12.0. The van der Waals surface area contributed by atoms with Crippen LogP contribution in [-0.2, 0) is 0 Å². The maximum Gasteiger partial charge on any atom is 0.272 e. The van der Waals surface area contributed by atoms with E-state index in [1.54, 1.807) is 35.5 Å². The molecule has 0 radical (unpaired) electrons. The van der Waals surface area contributed by atoms with Crippen molar-refractivity contribution in [2.24, 2.45) is 0 Å². The van der Waals surface area contributed by atoms with Gasteiger partial charge in [0.2, 0.25) is 0 Å². The lowest BCUT2D eigenvalue weighted by molar-refractivity contribution is 0.0562. The lowest BCUT2D eigenvalue weighted by atomic mass is 9.85. The molecule has 5 aromatic rings. The molecular formula is C28H28N10O2. The molecule has 2 aliphatic rings. The van der Waals surface area contributed by atoms with Crippen molar-refractivity contribution in [3.05, 3.63) is 71.7 Å². The summed E-state index contributed by atoms with van der Waals surface area (Å²) in [7, 11) is 0. The van der Waals surface area contributed by atoms with Gasteiger partial charge < -0.3 is 10.6 Å². The summed E-state index contributed by atoms with van der Waals surface area (Å²) < 4.78 is 3.26. The molecule has 0 aromatic carbocycles. The maximum atomic E-state index is 13.2. The number of rotatable bonds is 5. The number of H-pyrrole nitrogens is 1. The first-order chi connectivity index (χ1) is 19.4. The number of nitrogens with one attached hydrogen (secondary N) is 1. The lowest BCUT2D eigenvalue weighted by Crippen LogP contribution is -2.46. The summed E-state index contributed by atoms with van der Waals surface area (Å²) in [6.45, 7) is 3.49. The molecule has 0 aliphatic carbocycles. The van der Waals surface area contributed by atoms with Crippen LogP contribution in [0.2, 0.25) is 0 Å². The van der Waals surface area contributed by atoms with Crippen LogP contribution in [0.5, 0.6) is 0 Å². The normalized spacial score (nSPS) is 20.4. The van der Waals surface area contributed by atoms with Crippen LogP contribution in [0.4, 0.5) is 5.82 Å². The number of ketones is 1. The molecule has 2 bridgehead atoms. The van der Waals surface area contributed by atoms with Gasteiger partial charge in [0.15, 0.2) is 17.2 Å². The third-order valence-corrected chi connectivity index (χ3v) is 8.15. The predicted octanol–water partition coefficient (Wildman–Crippen LogP) is 3.34. The van der Waals surface area contributed by atoms with Crippen LogP contribution in [0.1, 0.15) is 70.6 Å².